The smallest absolute Gasteiger partial charge is 0.126 e. The van der Waals surface area contributed by atoms with Crippen LogP contribution in [-0.4, -0.2) is 24.6 Å². The molecule has 2 rings (SSSR count). The number of fused-ring (bicyclic) bond motifs is 1. The quantitative estimate of drug-likeness (QED) is 0.748. The minimum Gasteiger partial charge on any atom is -0.369 e. The summed E-state index contributed by atoms with van der Waals surface area (Å²) in [7, 11) is 0. The minimum atomic E-state index is 0.908. The average molecular weight is 229 g/mol. The van der Waals surface area contributed by atoms with Gasteiger partial charge < -0.3 is 10.6 Å². The maximum absolute atomic E-state index is 4.55. The zero-order valence-corrected chi connectivity index (χ0v) is 10.2. The predicted molar refractivity (Wildman–Crippen MR) is 73.4 cm³/mol. The van der Waals surface area contributed by atoms with Gasteiger partial charge in [-0.15, -0.1) is 0 Å². The molecule has 0 bridgehead atoms. The van der Waals surface area contributed by atoms with Crippen molar-refractivity contribution in [1.82, 2.24) is 10.3 Å². The first-order valence-electron chi connectivity index (χ1n) is 6.20. The number of pyridine rings is 1. The molecule has 0 amide bonds. The third-order valence-corrected chi connectivity index (χ3v) is 2.63. The van der Waals surface area contributed by atoms with Crippen molar-refractivity contribution in [3.05, 3.63) is 36.4 Å². The van der Waals surface area contributed by atoms with Crippen LogP contribution in [0.15, 0.2) is 36.4 Å². The van der Waals surface area contributed by atoms with Gasteiger partial charge in [-0.25, -0.2) is 4.98 Å². The Bertz CT molecular complexity index is 468. The molecule has 2 aromatic rings. The van der Waals surface area contributed by atoms with Crippen molar-refractivity contribution in [2.75, 3.05) is 25.0 Å². The number of rotatable bonds is 6. The van der Waals surface area contributed by atoms with Crippen molar-refractivity contribution in [2.45, 2.75) is 13.3 Å². The van der Waals surface area contributed by atoms with E-state index in [2.05, 4.69) is 34.7 Å². The predicted octanol–water partition coefficient (Wildman–Crippen LogP) is 2.65. The van der Waals surface area contributed by atoms with Crippen LogP contribution in [0.2, 0.25) is 0 Å². The van der Waals surface area contributed by atoms with Gasteiger partial charge in [-0.2, -0.15) is 0 Å². The molecular formula is C14H19N3. The van der Waals surface area contributed by atoms with Crippen molar-refractivity contribution in [1.29, 1.82) is 0 Å². The van der Waals surface area contributed by atoms with E-state index in [1.54, 1.807) is 0 Å². The fourth-order valence-corrected chi connectivity index (χ4v) is 1.75. The monoisotopic (exact) mass is 229 g/mol. The fourth-order valence-electron chi connectivity index (χ4n) is 1.75. The first kappa shape index (κ1) is 11.9. The number of anilines is 1. The van der Waals surface area contributed by atoms with Crippen molar-refractivity contribution in [3.63, 3.8) is 0 Å². The molecule has 0 radical (unpaired) electrons. The molecule has 1 heterocycles. The minimum absolute atomic E-state index is 0.908. The van der Waals surface area contributed by atoms with E-state index in [9.17, 15) is 0 Å². The Hall–Kier alpha value is -1.61. The van der Waals surface area contributed by atoms with Gasteiger partial charge in [0.05, 0.1) is 5.52 Å². The van der Waals surface area contributed by atoms with E-state index in [-0.39, 0.29) is 0 Å². The number of nitrogens with one attached hydrogen (secondary N) is 2. The molecule has 0 aliphatic carbocycles. The molecule has 17 heavy (non-hydrogen) atoms. The molecule has 3 nitrogen and oxygen atoms in total. The number of hydrogen-bond acceptors (Lipinski definition) is 3. The van der Waals surface area contributed by atoms with Gasteiger partial charge in [-0.3, -0.25) is 0 Å². The molecule has 0 saturated carbocycles. The first-order chi connectivity index (χ1) is 8.40. The van der Waals surface area contributed by atoms with Gasteiger partial charge >= 0.3 is 0 Å². The average Bonchev–Trinajstić information content (AvgIpc) is 2.38. The lowest BCUT2D eigenvalue weighted by Gasteiger charge is -2.07. The molecule has 0 aliphatic rings. The van der Waals surface area contributed by atoms with Crippen LogP contribution in [0.4, 0.5) is 5.82 Å². The Morgan fingerprint density at radius 3 is 2.76 bits per heavy atom. The van der Waals surface area contributed by atoms with Crippen molar-refractivity contribution in [2.24, 2.45) is 0 Å². The molecule has 90 valence electrons. The summed E-state index contributed by atoms with van der Waals surface area (Å²) in [6.45, 7) is 5.13. The second-order valence-corrected chi connectivity index (χ2v) is 4.07. The molecular weight excluding hydrogens is 210 g/mol. The summed E-state index contributed by atoms with van der Waals surface area (Å²) in [6.07, 6.45) is 1.17. The molecule has 2 N–H and O–H groups in total. The Morgan fingerprint density at radius 2 is 1.88 bits per heavy atom. The summed E-state index contributed by atoms with van der Waals surface area (Å²) in [5.74, 6) is 0.946. The second kappa shape index (κ2) is 6.21. The lowest BCUT2D eigenvalue weighted by atomic mass is 10.2. The van der Waals surface area contributed by atoms with Crippen LogP contribution in [0.25, 0.3) is 10.9 Å². The van der Waals surface area contributed by atoms with Crippen LogP contribution in [-0.2, 0) is 0 Å². The number of benzene rings is 1. The SMILES string of the molecule is CCCNCCNc1ccc2ccccc2n1. The van der Waals surface area contributed by atoms with E-state index in [1.807, 2.05) is 24.3 Å². The zero-order valence-electron chi connectivity index (χ0n) is 10.2. The summed E-state index contributed by atoms with van der Waals surface area (Å²) < 4.78 is 0. The van der Waals surface area contributed by atoms with Gasteiger partial charge in [0.25, 0.3) is 0 Å². The van der Waals surface area contributed by atoms with Gasteiger partial charge in [0.2, 0.25) is 0 Å². The molecule has 0 fully saturated rings. The van der Waals surface area contributed by atoms with E-state index in [1.165, 1.54) is 11.8 Å². The Kier molecular flexibility index (Phi) is 4.33. The largest absolute Gasteiger partial charge is 0.369 e. The van der Waals surface area contributed by atoms with Gasteiger partial charge in [-0.05, 0) is 31.2 Å². The van der Waals surface area contributed by atoms with E-state index < -0.39 is 0 Å². The Morgan fingerprint density at radius 1 is 1.00 bits per heavy atom. The van der Waals surface area contributed by atoms with Crippen molar-refractivity contribution < 1.29 is 0 Å². The topological polar surface area (TPSA) is 37.0 Å². The van der Waals surface area contributed by atoms with E-state index in [0.29, 0.717) is 0 Å². The highest BCUT2D eigenvalue weighted by Gasteiger charge is 1.96. The zero-order chi connectivity index (χ0) is 11.9. The highest BCUT2D eigenvalue weighted by atomic mass is 15.0. The highest BCUT2D eigenvalue weighted by molar-refractivity contribution is 5.79. The summed E-state index contributed by atoms with van der Waals surface area (Å²) >= 11 is 0. The van der Waals surface area contributed by atoms with Crippen molar-refractivity contribution in [3.8, 4) is 0 Å². The van der Waals surface area contributed by atoms with Gasteiger partial charge in [0, 0.05) is 18.5 Å². The van der Waals surface area contributed by atoms with Crippen LogP contribution >= 0.6 is 0 Å². The number of aromatic nitrogens is 1. The third kappa shape index (κ3) is 3.43. The fraction of sp³-hybridized carbons (Fsp3) is 0.357. The Labute approximate surface area is 102 Å². The summed E-state index contributed by atoms with van der Waals surface area (Å²) in [5.41, 5.74) is 1.04. The van der Waals surface area contributed by atoms with Gasteiger partial charge in [-0.1, -0.05) is 25.1 Å². The highest BCUT2D eigenvalue weighted by Crippen LogP contribution is 2.13. The summed E-state index contributed by atoms with van der Waals surface area (Å²) in [6, 6.07) is 12.3. The molecule has 3 heteroatoms. The second-order valence-electron chi connectivity index (χ2n) is 4.07. The number of nitrogens with zero attached hydrogens (tertiary/aromatic N) is 1. The van der Waals surface area contributed by atoms with Crippen LogP contribution < -0.4 is 10.6 Å². The molecule has 0 aliphatic heterocycles. The lowest BCUT2D eigenvalue weighted by Crippen LogP contribution is -2.22. The van der Waals surface area contributed by atoms with Crippen LogP contribution in [0.1, 0.15) is 13.3 Å². The number of para-hydroxylation sites is 1. The molecule has 0 spiro atoms. The molecule has 0 atom stereocenters. The molecule has 0 saturated heterocycles. The summed E-state index contributed by atoms with van der Waals surface area (Å²) in [5, 5.41) is 7.86. The molecule has 1 aromatic heterocycles. The van der Waals surface area contributed by atoms with Gasteiger partial charge in [0.1, 0.15) is 5.82 Å². The third-order valence-electron chi connectivity index (χ3n) is 2.63. The van der Waals surface area contributed by atoms with Crippen LogP contribution in [0, 0.1) is 0 Å². The first-order valence-corrected chi connectivity index (χ1v) is 6.20. The Balaban J connectivity index is 1.90. The maximum Gasteiger partial charge on any atom is 0.126 e. The maximum atomic E-state index is 4.55. The van der Waals surface area contributed by atoms with E-state index >= 15 is 0 Å². The molecule has 0 unspecified atom stereocenters. The van der Waals surface area contributed by atoms with Gasteiger partial charge in [0.15, 0.2) is 0 Å². The van der Waals surface area contributed by atoms with Crippen LogP contribution in [0.5, 0.6) is 0 Å². The standard InChI is InChI=1S/C14H19N3/c1-2-9-15-10-11-16-14-8-7-12-5-3-4-6-13(12)17-14/h3-8,15H,2,9-11H2,1H3,(H,16,17). The van der Waals surface area contributed by atoms with E-state index in [0.717, 1.165) is 31.0 Å². The lowest BCUT2D eigenvalue weighted by molar-refractivity contribution is 0.687. The summed E-state index contributed by atoms with van der Waals surface area (Å²) in [4.78, 5) is 4.55. The molecule has 1 aromatic carbocycles. The van der Waals surface area contributed by atoms with Crippen molar-refractivity contribution >= 4 is 16.7 Å². The number of hydrogen-bond donors (Lipinski definition) is 2. The normalized spacial score (nSPS) is 10.6. The van der Waals surface area contributed by atoms with E-state index in [4.69, 9.17) is 0 Å². The van der Waals surface area contributed by atoms with Crippen LogP contribution in [0.3, 0.4) is 0 Å².